The smallest absolute Gasteiger partial charge is 0.234 e. The van der Waals surface area contributed by atoms with Gasteiger partial charge in [0.1, 0.15) is 0 Å². The molecule has 0 saturated heterocycles. The van der Waals surface area contributed by atoms with E-state index in [9.17, 15) is 9.59 Å². The lowest BCUT2D eigenvalue weighted by Crippen LogP contribution is -2.26. The lowest BCUT2D eigenvalue weighted by Gasteiger charge is -2.06. The fourth-order valence-corrected chi connectivity index (χ4v) is 2.96. The number of aryl methyl sites for hydroxylation is 1. The van der Waals surface area contributed by atoms with E-state index in [-0.39, 0.29) is 23.3 Å². The molecule has 3 aromatic rings. The second-order valence-corrected chi connectivity index (χ2v) is 6.71. The summed E-state index contributed by atoms with van der Waals surface area (Å²) in [6.07, 6.45) is 1.85. The lowest BCUT2D eigenvalue weighted by atomic mass is 10.2. The summed E-state index contributed by atoms with van der Waals surface area (Å²) in [5, 5.41) is 13.7. The number of amides is 2. The first-order chi connectivity index (χ1) is 12.6. The van der Waals surface area contributed by atoms with E-state index in [2.05, 4.69) is 20.8 Å². The maximum atomic E-state index is 11.9. The largest absolute Gasteiger partial charge is 0.348 e. The number of rotatable bonds is 7. The van der Waals surface area contributed by atoms with Crippen LogP contribution < -0.4 is 10.6 Å². The van der Waals surface area contributed by atoms with Crippen molar-refractivity contribution in [1.29, 1.82) is 0 Å². The van der Waals surface area contributed by atoms with Gasteiger partial charge in [-0.25, -0.2) is 0 Å². The highest BCUT2D eigenvalue weighted by Gasteiger charge is 2.09. The van der Waals surface area contributed by atoms with Gasteiger partial charge in [0.15, 0.2) is 11.5 Å². The molecule has 2 heterocycles. The van der Waals surface area contributed by atoms with E-state index in [1.165, 1.54) is 11.8 Å². The van der Waals surface area contributed by atoms with Crippen LogP contribution >= 0.6 is 11.8 Å². The summed E-state index contributed by atoms with van der Waals surface area (Å²) < 4.78 is 1.82. The van der Waals surface area contributed by atoms with Gasteiger partial charge < -0.3 is 10.6 Å². The zero-order valence-corrected chi connectivity index (χ0v) is 15.1. The summed E-state index contributed by atoms with van der Waals surface area (Å²) in [5.74, 6) is 0.810. The number of carbonyl (C=O) groups excluding carboxylic acids is 2. The molecule has 0 unspecified atom stereocenters. The van der Waals surface area contributed by atoms with E-state index < -0.39 is 0 Å². The molecule has 2 aromatic heterocycles. The molecule has 0 aliphatic carbocycles. The van der Waals surface area contributed by atoms with Gasteiger partial charge >= 0.3 is 0 Å². The summed E-state index contributed by atoms with van der Waals surface area (Å²) in [6, 6.07) is 13.2. The van der Waals surface area contributed by atoms with Crippen molar-refractivity contribution in [3.05, 3.63) is 60.0 Å². The highest BCUT2D eigenvalue weighted by Crippen LogP contribution is 2.10. The van der Waals surface area contributed by atoms with E-state index in [0.29, 0.717) is 12.4 Å². The topological polar surface area (TPSA) is 88.4 Å². The van der Waals surface area contributed by atoms with E-state index in [4.69, 9.17) is 0 Å². The van der Waals surface area contributed by atoms with Crippen LogP contribution in [0, 0.1) is 6.92 Å². The molecule has 7 nitrogen and oxygen atoms in total. The Kier molecular flexibility index (Phi) is 5.85. The monoisotopic (exact) mass is 369 g/mol. The predicted octanol–water partition coefficient (Wildman–Crippen LogP) is 2.03. The van der Waals surface area contributed by atoms with Gasteiger partial charge in [-0.3, -0.25) is 14.0 Å². The van der Waals surface area contributed by atoms with Crippen molar-refractivity contribution < 1.29 is 9.59 Å². The Balaban J connectivity index is 1.38. The number of thioether (sulfide) groups is 1. The Morgan fingerprint density at radius 1 is 1.04 bits per heavy atom. The maximum Gasteiger partial charge on any atom is 0.234 e. The SMILES string of the molecule is Cc1ccc(NC(=O)CSCC(=O)NCc2nnc3ccccn23)cc1. The van der Waals surface area contributed by atoms with Crippen LogP contribution in [0.15, 0.2) is 48.7 Å². The molecule has 134 valence electrons. The number of pyridine rings is 1. The first kappa shape index (κ1) is 17.9. The van der Waals surface area contributed by atoms with Gasteiger partial charge in [0.05, 0.1) is 18.1 Å². The van der Waals surface area contributed by atoms with E-state index >= 15 is 0 Å². The maximum absolute atomic E-state index is 11.9. The Bertz CT molecular complexity index is 907. The van der Waals surface area contributed by atoms with Gasteiger partial charge in [-0.1, -0.05) is 23.8 Å². The van der Waals surface area contributed by atoms with Gasteiger partial charge in [-0.2, -0.15) is 0 Å². The first-order valence-corrected chi connectivity index (χ1v) is 9.27. The minimum atomic E-state index is -0.147. The van der Waals surface area contributed by atoms with Crippen molar-refractivity contribution in [3.63, 3.8) is 0 Å². The molecule has 0 atom stereocenters. The van der Waals surface area contributed by atoms with Gasteiger partial charge in [0.2, 0.25) is 11.8 Å². The third kappa shape index (κ3) is 4.82. The summed E-state index contributed by atoms with van der Waals surface area (Å²) in [7, 11) is 0. The molecule has 8 heteroatoms. The zero-order chi connectivity index (χ0) is 18.4. The molecule has 0 bridgehead atoms. The number of benzene rings is 1. The van der Waals surface area contributed by atoms with Crippen molar-refractivity contribution in [2.24, 2.45) is 0 Å². The zero-order valence-electron chi connectivity index (χ0n) is 14.3. The number of nitrogens with zero attached hydrogens (tertiary/aromatic N) is 3. The minimum absolute atomic E-state index is 0.130. The number of carbonyl (C=O) groups is 2. The molecule has 2 amide bonds. The van der Waals surface area contributed by atoms with E-state index in [1.807, 2.05) is 60.0 Å². The average molecular weight is 369 g/mol. The molecule has 0 radical (unpaired) electrons. The molecule has 0 saturated carbocycles. The highest BCUT2D eigenvalue weighted by atomic mass is 32.2. The van der Waals surface area contributed by atoms with Gasteiger partial charge in [-0.05, 0) is 31.2 Å². The minimum Gasteiger partial charge on any atom is -0.348 e. The van der Waals surface area contributed by atoms with Gasteiger partial charge in [0, 0.05) is 11.9 Å². The van der Waals surface area contributed by atoms with Crippen LogP contribution in [0.25, 0.3) is 5.65 Å². The van der Waals surface area contributed by atoms with Crippen LogP contribution in [0.5, 0.6) is 0 Å². The fourth-order valence-electron chi connectivity index (χ4n) is 2.31. The number of anilines is 1. The molecular formula is C18H19N5O2S. The number of hydrogen-bond donors (Lipinski definition) is 2. The molecule has 0 fully saturated rings. The van der Waals surface area contributed by atoms with Crippen molar-refractivity contribution in [2.75, 3.05) is 16.8 Å². The number of nitrogens with one attached hydrogen (secondary N) is 2. The van der Waals surface area contributed by atoms with Crippen LogP contribution in [0.1, 0.15) is 11.4 Å². The van der Waals surface area contributed by atoms with Crippen molar-refractivity contribution in [2.45, 2.75) is 13.5 Å². The second-order valence-electron chi connectivity index (χ2n) is 5.73. The van der Waals surface area contributed by atoms with E-state index in [1.54, 1.807) is 0 Å². The summed E-state index contributed by atoms with van der Waals surface area (Å²) in [6.45, 7) is 2.28. The Labute approximate surface area is 155 Å². The summed E-state index contributed by atoms with van der Waals surface area (Å²) in [4.78, 5) is 23.8. The average Bonchev–Trinajstić information content (AvgIpc) is 3.05. The van der Waals surface area contributed by atoms with Crippen LogP contribution in [-0.2, 0) is 16.1 Å². The van der Waals surface area contributed by atoms with Gasteiger partial charge in [0.25, 0.3) is 0 Å². The third-order valence-corrected chi connectivity index (χ3v) is 4.56. The first-order valence-electron chi connectivity index (χ1n) is 8.11. The fraction of sp³-hybridized carbons (Fsp3) is 0.222. The number of aromatic nitrogens is 3. The number of fused-ring (bicyclic) bond motifs is 1. The van der Waals surface area contributed by atoms with Crippen molar-refractivity contribution in [1.82, 2.24) is 19.9 Å². The molecule has 0 aliphatic rings. The number of hydrogen-bond acceptors (Lipinski definition) is 5. The highest BCUT2D eigenvalue weighted by molar-refractivity contribution is 8.00. The quantitative estimate of drug-likeness (QED) is 0.665. The third-order valence-electron chi connectivity index (χ3n) is 3.63. The predicted molar refractivity (Wildman–Crippen MR) is 102 cm³/mol. The van der Waals surface area contributed by atoms with Gasteiger partial charge in [-0.15, -0.1) is 22.0 Å². The summed E-state index contributed by atoms with van der Waals surface area (Å²) >= 11 is 1.27. The molecular weight excluding hydrogens is 350 g/mol. The Morgan fingerprint density at radius 3 is 2.62 bits per heavy atom. The standard InChI is InChI=1S/C18H19N5O2S/c1-13-5-7-14(8-6-13)20-18(25)12-26-11-17(24)19-10-16-22-21-15-4-2-3-9-23(15)16/h2-9H,10-12H2,1H3,(H,19,24)(H,20,25). The Morgan fingerprint density at radius 2 is 1.81 bits per heavy atom. The normalized spacial score (nSPS) is 10.7. The molecule has 3 rings (SSSR count). The van der Waals surface area contributed by atoms with Crippen LogP contribution in [0.4, 0.5) is 5.69 Å². The lowest BCUT2D eigenvalue weighted by molar-refractivity contribution is -0.118. The van der Waals surface area contributed by atoms with Crippen LogP contribution in [0.3, 0.4) is 0 Å². The van der Waals surface area contributed by atoms with E-state index in [0.717, 1.165) is 16.9 Å². The molecule has 1 aromatic carbocycles. The molecule has 0 aliphatic heterocycles. The van der Waals surface area contributed by atoms with Crippen molar-refractivity contribution in [3.8, 4) is 0 Å². The molecule has 26 heavy (non-hydrogen) atoms. The molecule has 0 spiro atoms. The van der Waals surface area contributed by atoms with Crippen molar-refractivity contribution >= 4 is 34.9 Å². The Hall–Kier alpha value is -2.87. The molecule has 2 N–H and O–H groups in total. The summed E-state index contributed by atoms with van der Waals surface area (Å²) in [5.41, 5.74) is 2.62. The van der Waals surface area contributed by atoms with Crippen LogP contribution in [0.2, 0.25) is 0 Å². The second kappa shape index (κ2) is 8.48. The van der Waals surface area contributed by atoms with Crippen LogP contribution in [-0.4, -0.2) is 37.9 Å².